The molecule has 0 aliphatic rings. The van der Waals surface area contributed by atoms with Crippen LogP contribution in [0, 0.1) is 0 Å². The van der Waals surface area contributed by atoms with Gasteiger partial charge in [0.2, 0.25) is 0 Å². The number of hydrogen-bond donors (Lipinski definition) is 2. The molecule has 1 atom stereocenters. The highest BCUT2D eigenvalue weighted by Crippen LogP contribution is 2.26. The van der Waals surface area contributed by atoms with E-state index >= 15 is 0 Å². The van der Waals surface area contributed by atoms with Gasteiger partial charge >= 0.3 is 5.97 Å². The van der Waals surface area contributed by atoms with Gasteiger partial charge in [-0.1, -0.05) is 24.3 Å². The van der Waals surface area contributed by atoms with Crippen LogP contribution in [-0.2, 0) is 4.79 Å². The van der Waals surface area contributed by atoms with E-state index in [-0.39, 0.29) is 29.9 Å². The molecular formula is C19H17NO5. The highest BCUT2D eigenvalue weighted by Gasteiger charge is 2.16. The average molecular weight is 339 g/mol. The van der Waals surface area contributed by atoms with Crippen molar-refractivity contribution < 1.29 is 23.8 Å². The van der Waals surface area contributed by atoms with Gasteiger partial charge in [-0.15, -0.1) is 0 Å². The molecule has 0 saturated heterocycles. The van der Waals surface area contributed by atoms with E-state index in [9.17, 15) is 14.7 Å². The minimum atomic E-state index is -1.11. The Morgan fingerprint density at radius 2 is 1.88 bits per heavy atom. The minimum Gasteiger partial charge on any atom is -0.483 e. The van der Waals surface area contributed by atoms with E-state index < -0.39 is 5.97 Å². The lowest BCUT2D eigenvalue weighted by molar-refractivity contribution is -0.123. The van der Waals surface area contributed by atoms with Crippen molar-refractivity contribution in [3.05, 3.63) is 66.1 Å². The normalized spacial score (nSPS) is 11.9. The zero-order valence-corrected chi connectivity index (χ0v) is 13.6. The quantitative estimate of drug-likeness (QED) is 0.718. The van der Waals surface area contributed by atoms with Crippen LogP contribution >= 0.6 is 0 Å². The third kappa shape index (κ3) is 3.80. The smallest absolute Gasteiger partial charge is 0.339 e. The molecular weight excluding hydrogens is 322 g/mol. The van der Waals surface area contributed by atoms with E-state index in [0.717, 1.165) is 10.8 Å². The Morgan fingerprint density at radius 1 is 1.16 bits per heavy atom. The summed E-state index contributed by atoms with van der Waals surface area (Å²) in [7, 11) is 0. The van der Waals surface area contributed by atoms with Gasteiger partial charge in [0.1, 0.15) is 17.1 Å². The molecule has 0 aliphatic carbocycles. The summed E-state index contributed by atoms with van der Waals surface area (Å²) in [5.74, 6) is -0.684. The number of rotatable bonds is 6. The van der Waals surface area contributed by atoms with Crippen LogP contribution in [0.3, 0.4) is 0 Å². The first kappa shape index (κ1) is 16.6. The molecule has 0 fully saturated rings. The van der Waals surface area contributed by atoms with E-state index in [1.54, 1.807) is 25.1 Å². The number of hydrogen-bond acceptors (Lipinski definition) is 4. The first-order valence-electron chi connectivity index (χ1n) is 7.76. The number of carbonyl (C=O) groups excluding carboxylic acids is 1. The van der Waals surface area contributed by atoms with E-state index in [4.69, 9.17) is 9.15 Å². The van der Waals surface area contributed by atoms with Crippen LogP contribution in [0.1, 0.15) is 29.1 Å². The standard InChI is InChI=1S/C19H17NO5/c1-12(16-7-4-8-24-16)20-18(21)11-25-17-10-14-6-3-2-5-13(14)9-15(17)19(22)23/h2-10,12H,11H2,1H3,(H,20,21)(H,22,23)/t12-/m1/s1. The summed E-state index contributed by atoms with van der Waals surface area (Å²) in [6, 6.07) is 13.7. The van der Waals surface area contributed by atoms with Crippen molar-refractivity contribution in [2.24, 2.45) is 0 Å². The Labute approximate surface area is 144 Å². The fourth-order valence-electron chi connectivity index (χ4n) is 2.54. The molecule has 0 spiro atoms. The highest BCUT2D eigenvalue weighted by atomic mass is 16.5. The monoisotopic (exact) mass is 339 g/mol. The number of carboxylic acid groups (broad SMARTS) is 1. The molecule has 0 unspecified atom stereocenters. The van der Waals surface area contributed by atoms with Gasteiger partial charge in [0.15, 0.2) is 6.61 Å². The minimum absolute atomic E-state index is 0.0191. The molecule has 1 heterocycles. The number of ether oxygens (including phenoxy) is 1. The molecule has 2 N–H and O–H groups in total. The molecule has 6 nitrogen and oxygen atoms in total. The first-order chi connectivity index (χ1) is 12.0. The summed E-state index contributed by atoms with van der Waals surface area (Å²) in [6.07, 6.45) is 1.53. The fourth-order valence-corrected chi connectivity index (χ4v) is 2.54. The lowest BCUT2D eigenvalue weighted by Gasteiger charge is -2.13. The van der Waals surface area contributed by atoms with Crippen LogP contribution in [0.15, 0.2) is 59.2 Å². The second kappa shape index (κ2) is 7.09. The Balaban J connectivity index is 1.72. The number of furan rings is 1. The molecule has 128 valence electrons. The predicted molar refractivity (Wildman–Crippen MR) is 91.7 cm³/mol. The molecule has 3 rings (SSSR count). The largest absolute Gasteiger partial charge is 0.483 e. The molecule has 0 saturated carbocycles. The average Bonchev–Trinajstić information content (AvgIpc) is 3.13. The number of fused-ring (bicyclic) bond motifs is 1. The SMILES string of the molecule is C[C@@H](NC(=O)COc1cc2ccccc2cc1C(=O)O)c1ccco1. The molecule has 0 bridgehead atoms. The van der Waals surface area contributed by atoms with Gasteiger partial charge in [-0.2, -0.15) is 0 Å². The summed E-state index contributed by atoms with van der Waals surface area (Å²) in [5.41, 5.74) is 0.0191. The molecule has 1 aromatic heterocycles. The zero-order valence-electron chi connectivity index (χ0n) is 13.6. The number of nitrogens with one attached hydrogen (secondary N) is 1. The molecule has 2 aromatic carbocycles. The Morgan fingerprint density at radius 3 is 2.52 bits per heavy atom. The fraction of sp³-hybridized carbons (Fsp3) is 0.158. The van der Waals surface area contributed by atoms with Crippen LogP contribution in [-0.4, -0.2) is 23.6 Å². The van der Waals surface area contributed by atoms with Crippen molar-refractivity contribution in [2.75, 3.05) is 6.61 Å². The first-order valence-corrected chi connectivity index (χ1v) is 7.76. The maximum absolute atomic E-state index is 12.0. The van der Waals surface area contributed by atoms with E-state index in [1.165, 1.54) is 12.3 Å². The molecule has 3 aromatic rings. The van der Waals surface area contributed by atoms with Crippen molar-refractivity contribution >= 4 is 22.6 Å². The molecule has 0 aliphatic heterocycles. The molecule has 0 radical (unpaired) electrons. The van der Waals surface area contributed by atoms with Crippen LogP contribution < -0.4 is 10.1 Å². The topological polar surface area (TPSA) is 88.8 Å². The van der Waals surface area contributed by atoms with E-state index in [2.05, 4.69) is 5.32 Å². The van der Waals surface area contributed by atoms with Crippen molar-refractivity contribution in [1.29, 1.82) is 0 Å². The van der Waals surface area contributed by atoms with Gasteiger partial charge in [0.05, 0.1) is 12.3 Å². The van der Waals surface area contributed by atoms with Crippen LogP contribution in [0.25, 0.3) is 10.8 Å². The molecule has 1 amide bonds. The molecule has 25 heavy (non-hydrogen) atoms. The van der Waals surface area contributed by atoms with Crippen LogP contribution in [0.4, 0.5) is 0 Å². The second-order valence-corrected chi connectivity index (χ2v) is 5.59. The summed E-state index contributed by atoms with van der Waals surface area (Å²) >= 11 is 0. The van der Waals surface area contributed by atoms with Gasteiger partial charge in [-0.3, -0.25) is 4.79 Å². The second-order valence-electron chi connectivity index (χ2n) is 5.59. The number of amides is 1. The van der Waals surface area contributed by atoms with E-state index in [0.29, 0.717) is 5.76 Å². The van der Waals surface area contributed by atoms with Gasteiger partial charge in [0.25, 0.3) is 5.91 Å². The number of benzene rings is 2. The van der Waals surface area contributed by atoms with Crippen LogP contribution in [0.2, 0.25) is 0 Å². The van der Waals surface area contributed by atoms with Gasteiger partial charge in [0, 0.05) is 0 Å². The third-order valence-electron chi connectivity index (χ3n) is 3.78. The number of carbonyl (C=O) groups is 2. The zero-order chi connectivity index (χ0) is 17.8. The van der Waals surface area contributed by atoms with Crippen molar-refractivity contribution in [1.82, 2.24) is 5.32 Å². The van der Waals surface area contributed by atoms with Gasteiger partial charge in [-0.25, -0.2) is 4.79 Å². The van der Waals surface area contributed by atoms with Crippen molar-refractivity contribution in [3.63, 3.8) is 0 Å². The van der Waals surface area contributed by atoms with Gasteiger partial charge in [-0.05, 0) is 42.0 Å². The van der Waals surface area contributed by atoms with Crippen molar-refractivity contribution in [2.45, 2.75) is 13.0 Å². The summed E-state index contributed by atoms with van der Waals surface area (Å²) in [6.45, 7) is 1.50. The summed E-state index contributed by atoms with van der Waals surface area (Å²) < 4.78 is 10.7. The summed E-state index contributed by atoms with van der Waals surface area (Å²) in [4.78, 5) is 23.5. The third-order valence-corrected chi connectivity index (χ3v) is 3.78. The predicted octanol–water partition coefficient (Wildman–Crippen LogP) is 3.39. The maximum Gasteiger partial charge on any atom is 0.339 e. The van der Waals surface area contributed by atoms with Crippen molar-refractivity contribution in [3.8, 4) is 5.75 Å². The van der Waals surface area contributed by atoms with Gasteiger partial charge < -0.3 is 19.6 Å². The number of carboxylic acids is 1. The Kier molecular flexibility index (Phi) is 4.70. The lowest BCUT2D eigenvalue weighted by atomic mass is 10.1. The van der Waals surface area contributed by atoms with E-state index in [1.807, 2.05) is 24.3 Å². The Hall–Kier alpha value is -3.28. The van der Waals surface area contributed by atoms with Crippen LogP contribution in [0.5, 0.6) is 5.75 Å². The highest BCUT2D eigenvalue weighted by molar-refractivity contribution is 5.97. The molecule has 6 heteroatoms. The lowest BCUT2D eigenvalue weighted by Crippen LogP contribution is -2.31. The Bertz CT molecular complexity index is 901. The maximum atomic E-state index is 12.0. The number of aromatic carboxylic acids is 1. The summed E-state index contributed by atoms with van der Waals surface area (Å²) in [5, 5.41) is 13.7.